The molecule has 0 aliphatic carbocycles. The van der Waals surface area contributed by atoms with E-state index in [4.69, 9.17) is 0 Å². The number of aliphatic imine (C=N–C) groups is 1. The maximum absolute atomic E-state index is 13.8. The summed E-state index contributed by atoms with van der Waals surface area (Å²) in [7, 11) is -2.53. The second-order valence-electron chi connectivity index (χ2n) is 4.79. The van der Waals surface area contributed by atoms with Crippen molar-refractivity contribution in [1.82, 2.24) is 0 Å². The predicted molar refractivity (Wildman–Crippen MR) is 68.6 cm³/mol. The molecule has 0 N–H and O–H groups in total. The Morgan fingerprint density at radius 1 is 0.960 bits per heavy atom. The number of rotatable bonds is 11. The molecule has 0 spiro atoms. The zero-order valence-electron chi connectivity index (χ0n) is 12.5. The fourth-order valence-electron chi connectivity index (χ4n) is 1.69. The highest BCUT2D eigenvalue weighted by Crippen LogP contribution is 2.31. The lowest BCUT2D eigenvalue weighted by molar-refractivity contribution is -0.303. The van der Waals surface area contributed by atoms with Crippen LogP contribution in [0, 0.1) is 0 Å². The number of hydrogen-bond donors (Lipinski definition) is 0. The second kappa shape index (κ2) is 10.1. The number of isocyanates is 1. The van der Waals surface area contributed by atoms with Crippen LogP contribution in [0.4, 0.5) is 39.5 Å². The smallest absolute Gasteiger partial charge is 0.342 e. The Balaban J connectivity index is 5.33. The van der Waals surface area contributed by atoms with Gasteiger partial charge in [0, 0.05) is 0 Å². The van der Waals surface area contributed by atoms with E-state index in [2.05, 4.69) is 14.5 Å². The molecule has 1 unspecified atom stereocenters. The zero-order valence-corrected chi connectivity index (χ0v) is 13.9. The van der Waals surface area contributed by atoms with Crippen LogP contribution >= 0.6 is 0 Å². The second-order valence-corrected chi connectivity index (χ2v) is 6.98. The standard InChI is InChI=1S/C11H14F9NO3Si/c12-7(8(13)14)11(23-4-9(15,16)17,24-5-10(18,19)20)25-3-1-2-21-6-22/h7-8H,1-5,25H2. The van der Waals surface area contributed by atoms with Crippen molar-refractivity contribution in [2.45, 2.75) is 42.8 Å². The first-order chi connectivity index (χ1) is 11.3. The first-order valence-corrected chi connectivity index (χ1v) is 8.41. The average molecular weight is 407 g/mol. The molecule has 0 saturated heterocycles. The summed E-state index contributed by atoms with van der Waals surface area (Å²) in [6.07, 6.45) is -16.5. The van der Waals surface area contributed by atoms with Crippen LogP contribution in [0.3, 0.4) is 0 Å². The maximum Gasteiger partial charge on any atom is 0.411 e. The van der Waals surface area contributed by atoms with Gasteiger partial charge in [0.15, 0.2) is 5.41 Å². The molecule has 25 heavy (non-hydrogen) atoms. The number of ether oxygens (including phenoxy) is 2. The van der Waals surface area contributed by atoms with Gasteiger partial charge < -0.3 is 9.47 Å². The summed E-state index contributed by atoms with van der Waals surface area (Å²) in [6.45, 7) is -4.70. The summed E-state index contributed by atoms with van der Waals surface area (Å²) in [4.78, 5) is 12.9. The Morgan fingerprint density at radius 3 is 1.80 bits per heavy atom. The molecule has 0 rings (SSSR count). The lowest BCUT2D eigenvalue weighted by Gasteiger charge is -2.36. The van der Waals surface area contributed by atoms with Crippen molar-refractivity contribution in [3.63, 3.8) is 0 Å². The maximum atomic E-state index is 13.8. The molecule has 0 saturated carbocycles. The topological polar surface area (TPSA) is 47.9 Å². The first-order valence-electron chi connectivity index (χ1n) is 6.70. The van der Waals surface area contributed by atoms with Gasteiger partial charge in [0.2, 0.25) is 12.3 Å². The van der Waals surface area contributed by atoms with Crippen molar-refractivity contribution in [1.29, 1.82) is 0 Å². The van der Waals surface area contributed by atoms with Crippen molar-refractivity contribution in [2.75, 3.05) is 19.8 Å². The fourth-order valence-corrected chi connectivity index (χ4v) is 3.60. The third-order valence-electron chi connectivity index (χ3n) is 2.71. The molecule has 0 aromatic rings. The average Bonchev–Trinajstić information content (AvgIpc) is 2.46. The quantitative estimate of drug-likeness (QED) is 0.132. The monoisotopic (exact) mass is 407 g/mol. The third-order valence-corrected chi connectivity index (χ3v) is 5.06. The van der Waals surface area contributed by atoms with Crippen molar-refractivity contribution >= 4 is 15.6 Å². The van der Waals surface area contributed by atoms with Crippen molar-refractivity contribution in [3.8, 4) is 0 Å². The van der Waals surface area contributed by atoms with Gasteiger partial charge >= 0.3 is 12.4 Å². The minimum atomic E-state index is -5.09. The molecule has 0 amide bonds. The highest BCUT2D eigenvalue weighted by atomic mass is 28.2. The van der Waals surface area contributed by atoms with E-state index in [9.17, 15) is 44.3 Å². The summed E-state index contributed by atoms with van der Waals surface area (Å²) in [5.41, 5.74) is -3.32. The van der Waals surface area contributed by atoms with Crippen LogP contribution in [0.15, 0.2) is 4.99 Å². The van der Waals surface area contributed by atoms with E-state index >= 15 is 0 Å². The van der Waals surface area contributed by atoms with E-state index in [-0.39, 0.29) is 19.0 Å². The van der Waals surface area contributed by atoms with Crippen LogP contribution in [0.25, 0.3) is 0 Å². The molecule has 148 valence electrons. The van der Waals surface area contributed by atoms with Gasteiger partial charge in [-0.15, -0.1) is 0 Å². The Hall–Kier alpha value is -1.11. The SMILES string of the molecule is O=C=NCCC[SiH2]C(OCC(F)(F)F)(OCC(F)(F)F)C(F)C(F)F. The Bertz CT molecular complexity index is 419. The summed E-state index contributed by atoms with van der Waals surface area (Å²) < 4.78 is 121. The van der Waals surface area contributed by atoms with E-state index in [1.807, 2.05) is 0 Å². The Labute approximate surface area is 138 Å². The highest BCUT2D eigenvalue weighted by molar-refractivity contribution is 6.39. The minimum absolute atomic E-state index is 0.0655. The lowest BCUT2D eigenvalue weighted by Crippen LogP contribution is -2.55. The van der Waals surface area contributed by atoms with Crippen molar-refractivity contribution < 1.29 is 53.8 Å². The highest BCUT2D eigenvalue weighted by Gasteiger charge is 2.50. The van der Waals surface area contributed by atoms with Gasteiger partial charge in [-0.05, 0) is 6.42 Å². The van der Waals surface area contributed by atoms with Crippen LogP contribution in [0.5, 0.6) is 0 Å². The molecule has 0 aliphatic heterocycles. The van der Waals surface area contributed by atoms with Crippen molar-refractivity contribution in [3.05, 3.63) is 0 Å². The van der Waals surface area contributed by atoms with Gasteiger partial charge in [-0.3, -0.25) is 0 Å². The van der Waals surface area contributed by atoms with E-state index in [0.717, 1.165) is 6.08 Å². The Morgan fingerprint density at radius 2 is 1.44 bits per heavy atom. The minimum Gasteiger partial charge on any atom is -0.342 e. The van der Waals surface area contributed by atoms with Crippen LogP contribution in [-0.2, 0) is 14.3 Å². The molecule has 1 atom stereocenters. The fraction of sp³-hybridized carbons (Fsp3) is 0.909. The van der Waals surface area contributed by atoms with Gasteiger partial charge in [-0.25, -0.2) is 23.0 Å². The van der Waals surface area contributed by atoms with Crippen LogP contribution in [-0.4, -0.2) is 65.7 Å². The molecule has 0 radical (unpaired) electrons. The summed E-state index contributed by atoms with van der Waals surface area (Å²) in [5.74, 6) is 0. The molecule has 0 aliphatic rings. The number of nitrogens with zero attached hydrogens (tertiary/aromatic N) is 1. The summed E-state index contributed by atoms with van der Waals surface area (Å²) >= 11 is 0. The molecule has 0 bridgehead atoms. The van der Waals surface area contributed by atoms with E-state index in [1.54, 1.807) is 0 Å². The van der Waals surface area contributed by atoms with Gasteiger partial charge in [-0.1, -0.05) is 6.04 Å². The molecule has 4 nitrogen and oxygen atoms in total. The number of halogens is 9. The predicted octanol–water partition coefficient (Wildman–Crippen LogP) is 2.71. The summed E-state index contributed by atoms with van der Waals surface area (Å²) in [5, 5.41) is 0. The Kier molecular flexibility index (Phi) is 9.69. The number of alkyl halides is 9. The molecule has 0 fully saturated rings. The largest absolute Gasteiger partial charge is 0.411 e. The van der Waals surface area contributed by atoms with Crippen molar-refractivity contribution in [2.24, 2.45) is 4.99 Å². The van der Waals surface area contributed by atoms with Crippen LogP contribution < -0.4 is 0 Å². The van der Waals surface area contributed by atoms with Crippen LogP contribution in [0.2, 0.25) is 6.04 Å². The van der Waals surface area contributed by atoms with Crippen LogP contribution in [0.1, 0.15) is 6.42 Å². The summed E-state index contributed by atoms with van der Waals surface area (Å²) in [6, 6.07) is -0.256. The lowest BCUT2D eigenvalue weighted by atomic mass is 10.3. The zero-order chi connectivity index (χ0) is 19.7. The molecule has 0 aromatic carbocycles. The normalized spacial score (nSPS) is 15.0. The molecule has 0 aromatic heterocycles. The van der Waals surface area contributed by atoms with E-state index in [1.165, 1.54) is 0 Å². The molecule has 0 heterocycles. The van der Waals surface area contributed by atoms with Gasteiger partial charge in [-0.2, -0.15) is 26.3 Å². The number of carbonyl (C=O) groups excluding carboxylic acids is 1. The molecule has 14 heteroatoms. The first kappa shape index (κ1) is 23.9. The van der Waals surface area contributed by atoms with E-state index < -0.39 is 53.1 Å². The van der Waals surface area contributed by atoms with Gasteiger partial charge in [0.1, 0.15) is 13.2 Å². The van der Waals surface area contributed by atoms with E-state index in [0.29, 0.717) is 0 Å². The molecular formula is C11H14F9NO3Si. The number of hydrogen-bond acceptors (Lipinski definition) is 4. The van der Waals surface area contributed by atoms with Gasteiger partial charge in [0.25, 0.3) is 6.43 Å². The third kappa shape index (κ3) is 10.5. The van der Waals surface area contributed by atoms with Gasteiger partial charge in [0.05, 0.1) is 16.1 Å². The molecular weight excluding hydrogens is 393 g/mol.